The van der Waals surface area contributed by atoms with Gasteiger partial charge < -0.3 is 4.74 Å². The molecule has 0 aliphatic heterocycles. The number of sulfonamides is 1. The highest BCUT2D eigenvalue weighted by atomic mass is 32.2. The number of hydrogen-bond donors (Lipinski definition) is 2. The Morgan fingerprint density at radius 2 is 1.79 bits per heavy atom. The van der Waals surface area contributed by atoms with Crippen LogP contribution >= 0.6 is 0 Å². The number of amides is 1. The van der Waals surface area contributed by atoms with Crippen molar-refractivity contribution in [3.63, 3.8) is 0 Å². The van der Waals surface area contributed by atoms with E-state index in [0.29, 0.717) is 11.4 Å². The van der Waals surface area contributed by atoms with E-state index in [1.54, 1.807) is 48.8 Å². The van der Waals surface area contributed by atoms with Crippen molar-refractivity contribution in [3.05, 3.63) is 84.2 Å². The number of rotatable bonds is 7. The summed E-state index contributed by atoms with van der Waals surface area (Å²) in [5, 5.41) is 3.86. The number of carbonyl (C=O) groups excluding carboxylic acids is 1. The maximum Gasteiger partial charge on any atom is 0.271 e. The average Bonchev–Trinajstić information content (AvgIpc) is 2.75. The first kappa shape index (κ1) is 20.0. The third-order valence-electron chi connectivity index (χ3n) is 3.83. The van der Waals surface area contributed by atoms with E-state index < -0.39 is 15.9 Å². The minimum atomic E-state index is -3.87. The van der Waals surface area contributed by atoms with Gasteiger partial charge in [-0.05, 0) is 60.2 Å². The van der Waals surface area contributed by atoms with Gasteiger partial charge in [0.2, 0.25) is 0 Å². The average molecular weight is 410 g/mol. The molecule has 1 heterocycles. The number of aromatic nitrogens is 1. The van der Waals surface area contributed by atoms with Gasteiger partial charge in [0.25, 0.3) is 15.9 Å². The van der Waals surface area contributed by atoms with Crippen LogP contribution in [0.15, 0.2) is 83.1 Å². The van der Waals surface area contributed by atoms with E-state index >= 15 is 0 Å². The summed E-state index contributed by atoms with van der Waals surface area (Å²) in [6.45, 7) is 0. The number of hydrogen-bond acceptors (Lipinski definition) is 6. The maximum absolute atomic E-state index is 12.6. The molecule has 1 aromatic heterocycles. The Bertz CT molecular complexity index is 1110. The van der Waals surface area contributed by atoms with Crippen molar-refractivity contribution in [1.82, 2.24) is 10.4 Å². The predicted octanol–water partition coefficient (Wildman–Crippen LogP) is 2.65. The van der Waals surface area contributed by atoms with Crippen molar-refractivity contribution in [2.24, 2.45) is 5.10 Å². The Labute approximate surface area is 168 Å². The summed E-state index contributed by atoms with van der Waals surface area (Å²) in [7, 11) is -2.34. The van der Waals surface area contributed by atoms with Crippen LogP contribution in [-0.4, -0.2) is 32.6 Å². The van der Waals surface area contributed by atoms with Gasteiger partial charge in [0.15, 0.2) is 0 Å². The van der Waals surface area contributed by atoms with Gasteiger partial charge in [-0.3, -0.25) is 14.5 Å². The normalized spacial score (nSPS) is 11.2. The Morgan fingerprint density at radius 1 is 1.07 bits per heavy atom. The maximum atomic E-state index is 12.6. The van der Waals surface area contributed by atoms with Crippen LogP contribution in [0.25, 0.3) is 0 Å². The summed E-state index contributed by atoms with van der Waals surface area (Å²) in [5.74, 6) is 0.0794. The molecule has 2 N–H and O–H groups in total. The van der Waals surface area contributed by atoms with Crippen LogP contribution in [0.2, 0.25) is 0 Å². The van der Waals surface area contributed by atoms with Crippen molar-refractivity contribution < 1.29 is 17.9 Å². The Balaban J connectivity index is 1.71. The molecule has 0 atom stereocenters. The van der Waals surface area contributed by atoms with E-state index in [4.69, 9.17) is 4.74 Å². The fourth-order valence-corrected chi connectivity index (χ4v) is 3.46. The third kappa shape index (κ3) is 5.39. The topological polar surface area (TPSA) is 110 Å². The summed E-state index contributed by atoms with van der Waals surface area (Å²) < 4.78 is 32.8. The lowest BCUT2D eigenvalue weighted by Crippen LogP contribution is -2.19. The first-order valence-corrected chi connectivity index (χ1v) is 9.96. The van der Waals surface area contributed by atoms with Gasteiger partial charge in [0, 0.05) is 23.6 Å². The number of methoxy groups -OCH3 is 1. The molecule has 0 aliphatic carbocycles. The van der Waals surface area contributed by atoms with E-state index in [9.17, 15) is 13.2 Å². The number of hydrazone groups is 1. The summed E-state index contributed by atoms with van der Waals surface area (Å²) in [6.07, 6.45) is 4.67. The fraction of sp³-hybridized carbons (Fsp3) is 0.0500. The van der Waals surface area contributed by atoms with Crippen LogP contribution in [0.3, 0.4) is 0 Å². The summed E-state index contributed by atoms with van der Waals surface area (Å²) in [5.41, 5.74) is 3.67. The van der Waals surface area contributed by atoms with Gasteiger partial charge in [0.1, 0.15) is 5.75 Å². The molecule has 148 valence electrons. The van der Waals surface area contributed by atoms with E-state index in [2.05, 4.69) is 20.2 Å². The molecule has 3 rings (SSSR count). The van der Waals surface area contributed by atoms with Gasteiger partial charge in [-0.1, -0.05) is 6.07 Å². The fourth-order valence-electron chi connectivity index (χ4n) is 2.36. The quantitative estimate of drug-likeness (QED) is 0.460. The molecule has 29 heavy (non-hydrogen) atoms. The predicted molar refractivity (Wildman–Crippen MR) is 110 cm³/mol. The van der Waals surface area contributed by atoms with E-state index in [-0.39, 0.29) is 10.5 Å². The second-order valence-corrected chi connectivity index (χ2v) is 7.52. The number of nitrogens with one attached hydrogen (secondary N) is 2. The number of benzene rings is 2. The zero-order chi connectivity index (χ0) is 20.7. The molecule has 0 spiro atoms. The van der Waals surface area contributed by atoms with Crippen molar-refractivity contribution >= 4 is 27.8 Å². The molecule has 0 unspecified atom stereocenters. The lowest BCUT2D eigenvalue weighted by atomic mass is 10.2. The zero-order valence-electron chi connectivity index (χ0n) is 15.4. The Morgan fingerprint density at radius 3 is 2.48 bits per heavy atom. The Hall–Kier alpha value is -3.72. The molecule has 0 saturated carbocycles. The van der Waals surface area contributed by atoms with Crippen molar-refractivity contribution in [3.8, 4) is 5.75 Å². The minimum absolute atomic E-state index is 0.0425. The smallest absolute Gasteiger partial charge is 0.271 e. The molecular weight excluding hydrogens is 392 g/mol. The molecule has 2 aromatic carbocycles. The molecule has 9 heteroatoms. The molecular formula is C20H18N4O4S. The van der Waals surface area contributed by atoms with Gasteiger partial charge in [0.05, 0.1) is 18.2 Å². The first-order valence-electron chi connectivity index (χ1n) is 8.48. The largest absolute Gasteiger partial charge is 0.497 e. The molecule has 0 fully saturated rings. The van der Waals surface area contributed by atoms with E-state index in [1.165, 1.54) is 37.6 Å². The van der Waals surface area contributed by atoms with Crippen LogP contribution in [0.4, 0.5) is 5.69 Å². The van der Waals surface area contributed by atoms with Crippen molar-refractivity contribution in [1.29, 1.82) is 0 Å². The molecule has 1 amide bonds. The first-order chi connectivity index (χ1) is 14.0. The number of pyridine rings is 1. The van der Waals surface area contributed by atoms with Crippen LogP contribution < -0.4 is 14.9 Å². The number of ether oxygens (including phenoxy) is 1. The van der Waals surface area contributed by atoms with Gasteiger partial charge in [-0.25, -0.2) is 13.8 Å². The second-order valence-electron chi connectivity index (χ2n) is 5.84. The van der Waals surface area contributed by atoms with E-state index in [0.717, 1.165) is 5.56 Å². The molecule has 0 radical (unpaired) electrons. The zero-order valence-corrected chi connectivity index (χ0v) is 16.3. The lowest BCUT2D eigenvalue weighted by molar-refractivity contribution is 0.0955. The summed E-state index contributed by atoms with van der Waals surface area (Å²) in [4.78, 5) is 16.1. The minimum Gasteiger partial charge on any atom is -0.497 e. The molecule has 0 saturated heterocycles. The highest BCUT2D eigenvalue weighted by Gasteiger charge is 2.16. The highest BCUT2D eigenvalue weighted by molar-refractivity contribution is 7.92. The van der Waals surface area contributed by atoms with Crippen LogP contribution in [0.5, 0.6) is 5.75 Å². The summed E-state index contributed by atoms with van der Waals surface area (Å²) in [6, 6.07) is 15.6. The van der Waals surface area contributed by atoms with Crippen molar-refractivity contribution in [2.75, 3.05) is 11.8 Å². The van der Waals surface area contributed by atoms with Gasteiger partial charge >= 0.3 is 0 Å². The SMILES string of the molecule is COc1ccc(NS(=O)(=O)c2cccc(C(=O)N/N=C/c3ccncc3)c2)cc1. The number of nitrogens with zero attached hydrogens (tertiary/aromatic N) is 2. The molecule has 0 aliphatic rings. The van der Waals surface area contributed by atoms with Gasteiger partial charge in [-0.2, -0.15) is 5.10 Å². The van der Waals surface area contributed by atoms with Crippen molar-refractivity contribution in [2.45, 2.75) is 4.90 Å². The highest BCUT2D eigenvalue weighted by Crippen LogP contribution is 2.20. The van der Waals surface area contributed by atoms with E-state index in [1.807, 2.05) is 0 Å². The van der Waals surface area contributed by atoms with Crippen LogP contribution in [0.1, 0.15) is 15.9 Å². The number of anilines is 1. The van der Waals surface area contributed by atoms with Crippen LogP contribution in [0, 0.1) is 0 Å². The van der Waals surface area contributed by atoms with Crippen LogP contribution in [-0.2, 0) is 10.0 Å². The number of carbonyl (C=O) groups is 1. The third-order valence-corrected chi connectivity index (χ3v) is 5.21. The van der Waals surface area contributed by atoms with Gasteiger partial charge in [-0.15, -0.1) is 0 Å². The molecule has 8 nitrogen and oxygen atoms in total. The second kappa shape index (κ2) is 8.98. The standard InChI is InChI=1S/C20H18N4O4S/c1-28-18-7-5-17(6-8-18)24-29(26,27)19-4-2-3-16(13-19)20(25)23-22-14-15-9-11-21-12-10-15/h2-14,24H,1H3,(H,23,25)/b22-14+. The molecule has 3 aromatic rings. The lowest BCUT2D eigenvalue weighted by Gasteiger charge is -2.09. The Kier molecular flexibility index (Phi) is 6.20. The molecule has 0 bridgehead atoms. The monoisotopic (exact) mass is 410 g/mol. The summed E-state index contributed by atoms with van der Waals surface area (Å²) >= 11 is 0.